The molecule has 1 heterocycles. The average Bonchev–Trinajstić information content (AvgIpc) is 2.82. The Kier molecular flexibility index (Phi) is 3.02. The number of hydrogen-bond acceptors (Lipinski definition) is 4. The van der Waals surface area contributed by atoms with Crippen molar-refractivity contribution in [1.29, 1.82) is 0 Å². The van der Waals surface area contributed by atoms with Crippen molar-refractivity contribution in [2.75, 3.05) is 12.8 Å². The van der Waals surface area contributed by atoms with E-state index < -0.39 is 5.82 Å². The third-order valence-corrected chi connectivity index (χ3v) is 3.04. The number of nitrogens with zero attached hydrogens (tertiary/aromatic N) is 1. The van der Waals surface area contributed by atoms with Crippen LogP contribution in [-0.4, -0.2) is 12.1 Å². The summed E-state index contributed by atoms with van der Waals surface area (Å²) in [4.78, 5) is 4.25. The Morgan fingerprint density at radius 1 is 1.25 bits per heavy atom. The largest absolute Gasteiger partial charge is 0.497 e. The zero-order chi connectivity index (χ0) is 14.1. The number of oxazole rings is 1. The molecule has 0 aliphatic rings. The lowest BCUT2D eigenvalue weighted by atomic mass is 10.1. The molecule has 0 aliphatic heterocycles. The van der Waals surface area contributed by atoms with Crippen LogP contribution >= 0.6 is 0 Å². The van der Waals surface area contributed by atoms with E-state index in [9.17, 15) is 4.39 Å². The molecular formula is C15H13FN2O2. The van der Waals surface area contributed by atoms with E-state index in [0.29, 0.717) is 23.4 Å². The number of anilines is 1. The van der Waals surface area contributed by atoms with Gasteiger partial charge in [-0.25, -0.2) is 9.37 Å². The van der Waals surface area contributed by atoms with Crippen LogP contribution in [0.4, 0.5) is 10.1 Å². The topological polar surface area (TPSA) is 61.3 Å². The van der Waals surface area contributed by atoms with Gasteiger partial charge in [-0.2, -0.15) is 0 Å². The second-order valence-electron chi connectivity index (χ2n) is 4.48. The van der Waals surface area contributed by atoms with Crippen molar-refractivity contribution in [3.8, 4) is 5.75 Å². The van der Waals surface area contributed by atoms with Gasteiger partial charge in [-0.1, -0.05) is 12.1 Å². The summed E-state index contributed by atoms with van der Waals surface area (Å²) in [6.07, 6.45) is 0.514. The fourth-order valence-corrected chi connectivity index (χ4v) is 2.06. The number of aromatic nitrogens is 1. The summed E-state index contributed by atoms with van der Waals surface area (Å²) in [5, 5.41) is 0. The summed E-state index contributed by atoms with van der Waals surface area (Å²) in [5.41, 5.74) is 7.86. The molecular weight excluding hydrogens is 259 g/mol. The van der Waals surface area contributed by atoms with Crippen molar-refractivity contribution in [1.82, 2.24) is 4.98 Å². The fourth-order valence-electron chi connectivity index (χ4n) is 2.06. The highest BCUT2D eigenvalue weighted by Crippen LogP contribution is 2.25. The number of halogens is 1. The monoisotopic (exact) mass is 272 g/mol. The van der Waals surface area contributed by atoms with E-state index in [4.69, 9.17) is 14.9 Å². The standard InChI is InChI=1S/C15H13FN2O2/c1-19-11-4-2-9(3-5-11)6-14-18-13-8-10(16)7-12(17)15(13)20-14/h2-5,7-8H,6,17H2,1H3. The molecule has 0 atom stereocenters. The normalized spacial score (nSPS) is 10.9. The molecule has 0 saturated carbocycles. The number of ether oxygens (including phenoxy) is 1. The van der Waals surface area contributed by atoms with Gasteiger partial charge in [-0.15, -0.1) is 0 Å². The number of fused-ring (bicyclic) bond motifs is 1. The molecule has 2 aromatic carbocycles. The number of benzene rings is 2. The molecule has 0 aliphatic carbocycles. The van der Waals surface area contributed by atoms with Crippen LogP contribution in [0.1, 0.15) is 11.5 Å². The maximum Gasteiger partial charge on any atom is 0.200 e. The number of nitrogen functional groups attached to an aromatic ring is 1. The SMILES string of the molecule is COc1ccc(Cc2nc3cc(F)cc(N)c3o2)cc1. The van der Waals surface area contributed by atoms with Crippen molar-refractivity contribution in [2.45, 2.75) is 6.42 Å². The molecule has 3 rings (SSSR count). The van der Waals surface area contributed by atoms with Crippen LogP contribution < -0.4 is 10.5 Å². The smallest absolute Gasteiger partial charge is 0.200 e. The predicted molar refractivity (Wildman–Crippen MR) is 74.2 cm³/mol. The maximum atomic E-state index is 13.2. The second kappa shape index (κ2) is 4.85. The Bertz CT molecular complexity index is 750. The molecule has 0 saturated heterocycles. The van der Waals surface area contributed by atoms with Crippen LogP contribution in [0.25, 0.3) is 11.1 Å². The first-order valence-corrected chi connectivity index (χ1v) is 6.13. The predicted octanol–water partition coefficient (Wildman–Crippen LogP) is 3.15. The number of methoxy groups -OCH3 is 1. The minimum Gasteiger partial charge on any atom is -0.497 e. The van der Waals surface area contributed by atoms with Gasteiger partial charge in [0.15, 0.2) is 11.5 Å². The Morgan fingerprint density at radius 2 is 2.00 bits per heavy atom. The maximum absolute atomic E-state index is 13.2. The van der Waals surface area contributed by atoms with Crippen LogP contribution in [0, 0.1) is 5.82 Å². The third-order valence-electron chi connectivity index (χ3n) is 3.04. The molecule has 0 spiro atoms. The van der Waals surface area contributed by atoms with Gasteiger partial charge in [0.2, 0.25) is 0 Å². The van der Waals surface area contributed by atoms with Gasteiger partial charge >= 0.3 is 0 Å². The van der Waals surface area contributed by atoms with Crippen molar-refractivity contribution >= 4 is 16.8 Å². The van der Waals surface area contributed by atoms with Crippen LogP contribution in [0.5, 0.6) is 5.75 Å². The summed E-state index contributed by atoms with van der Waals surface area (Å²) in [6, 6.07) is 10.1. The Labute approximate surface area is 115 Å². The first kappa shape index (κ1) is 12.5. The molecule has 0 bridgehead atoms. The molecule has 1 aromatic heterocycles. The molecule has 0 radical (unpaired) electrons. The molecule has 4 nitrogen and oxygen atoms in total. The highest BCUT2D eigenvalue weighted by atomic mass is 19.1. The number of nitrogens with two attached hydrogens (primary N) is 1. The van der Waals surface area contributed by atoms with Crippen LogP contribution in [-0.2, 0) is 6.42 Å². The quantitative estimate of drug-likeness (QED) is 0.744. The van der Waals surface area contributed by atoms with E-state index in [1.54, 1.807) is 7.11 Å². The molecule has 20 heavy (non-hydrogen) atoms. The van der Waals surface area contributed by atoms with Crippen molar-refractivity contribution in [3.63, 3.8) is 0 Å². The molecule has 0 amide bonds. The lowest BCUT2D eigenvalue weighted by Crippen LogP contribution is -1.88. The zero-order valence-corrected chi connectivity index (χ0v) is 10.9. The zero-order valence-electron chi connectivity index (χ0n) is 10.9. The number of rotatable bonds is 3. The summed E-state index contributed by atoms with van der Waals surface area (Å²) >= 11 is 0. The van der Waals surface area contributed by atoms with E-state index in [1.165, 1.54) is 12.1 Å². The Balaban J connectivity index is 1.92. The summed E-state index contributed by atoms with van der Waals surface area (Å²) in [6.45, 7) is 0. The van der Waals surface area contributed by atoms with Gasteiger partial charge in [0.1, 0.15) is 17.1 Å². The van der Waals surface area contributed by atoms with E-state index in [2.05, 4.69) is 4.98 Å². The van der Waals surface area contributed by atoms with E-state index in [1.807, 2.05) is 24.3 Å². The summed E-state index contributed by atoms with van der Waals surface area (Å²) < 4.78 is 23.9. The lowest BCUT2D eigenvalue weighted by molar-refractivity contribution is 0.414. The van der Waals surface area contributed by atoms with E-state index in [-0.39, 0.29) is 5.69 Å². The van der Waals surface area contributed by atoms with Gasteiger partial charge < -0.3 is 14.9 Å². The third kappa shape index (κ3) is 2.30. The van der Waals surface area contributed by atoms with Gasteiger partial charge in [0, 0.05) is 18.6 Å². The first-order chi connectivity index (χ1) is 9.65. The van der Waals surface area contributed by atoms with Crippen molar-refractivity contribution in [3.05, 3.63) is 53.7 Å². The molecule has 0 fully saturated rings. The van der Waals surface area contributed by atoms with Gasteiger partial charge in [-0.3, -0.25) is 0 Å². The minimum absolute atomic E-state index is 0.258. The van der Waals surface area contributed by atoms with Gasteiger partial charge in [-0.05, 0) is 17.7 Å². The molecule has 2 N–H and O–H groups in total. The van der Waals surface area contributed by atoms with Crippen LogP contribution in [0.15, 0.2) is 40.8 Å². The van der Waals surface area contributed by atoms with Gasteiger partial charge in [0.05, 0.1) is 12.8 Å². The molecule has 5 heteroatoms. The van der Waals surface area contributed by atoms with E-state index in [0.717, 1.165) is 11.3 Å². The lowest BCUT2D eigenvalue weighted by Gasteiger charge is -2.00. The first-order valence-electron chi connectivity index (χ1n) is 6.13. The highest BCUT2D eigenvalue weighted by molar-refractivity contribution is 5.84. The Morgan fingerprint density at radius 3 is 2.70 bits per heavy atom. The summed E-state index contributed by atoms with van der Waals surface area (Å²) in [7, 11) is 1.62. The Hall–Kier alpha value is -2.56. The van der Waals surface area contributed by atoms with Crippen molar-refractivity contribution < 1.29 is 13.5 Å². The minimum atomic E-state index is -0.417. The second-order valence-corrected chi connectivity index (χ2v) is 4.48. The fraction of sp³-hybridized carbons (Fsp3) is 0.133. The average molecular weight is 272 g/mol. The van der Waals surface area contributed by atoms with Crippen LogP contribution in [0.2, 0.25) is 0 Å². The van der Waals surface area contributed by atoms with Gasteiger partial charge in [0.25, 0.3) is 0 Å². The molecule has 102 valence electrons. The van der Waals surface area contributed by atoms with Crippen molar-refractivity contribution in [2.24, 2.45) is 0 Å². The number of hydrogen-bond donors (Lipinski definition) is 1. The summed E-state index contributed by atoms with van der Waals surface area (Å²) in [5.74, 6) is 0.874. The molecule has 0 unspecified atom stereocenters. The van der Waals surface area contributed by atoms with E-state index >= 15 is 0 Å². The van der Waals surface area contributed by atoms with Crippen LogP contribution in [0.3, 0.4) is 0 Å². The highest BCUT2D eigenvalue weighted by Gasteiger charge is 2.11. The molecule has 3 aromatic rings.